The van der Waals surface area contributed by atoms with Gasteiger partial charge in [-0.3, -0.25) is 4.79 Å². The van der Waals surface area contributed by atoms with Gasteiger partial charge < -0.3 is 19.9 Å². The molecule has 1 unspecified atom stereocenters. The number of hydrogen-bond donors (Lipinski definition) is 2. The molecule has 1 heterocycles. The second kappa shape index (κ2) is 6.54. The van der Waals surface area contributed by atoms with Gasteiger partial charge in [0, 0.05) is 25.6 Å². The number of methoxy groups -OCH3 is 1. The number of carbonyl (C=O) groups excluding carboxylic acids is 1. The Morgan fingerprint density at radius 2 is 2.42 bits per heavy atom. The Kier molecular flexibility index (Phi) is 4.76. The summed E-state index contributed by atoms with van der Waals surface area (Å²) in [6, 6.07) is 5.45. The maximum absolute atomic E-state index is 11.9. The molecule has 0 radical (unpaired) electrons. The number of aliphatic hydroxyl groups excluding tert-OH is 1. The van der Waals surface area contributed by atoms with E-state index in [0.717, 1.165) is 17.7 Å². The molecule has 0 aliphatic carbocycles. The van der Waals surface area contributed by atoms with Crippen molar-refractivity contribution in [1.82, 2.24) is 5.32 Å². The summed E-state index contributed by atoms with van der Waals surface area (Å²) in [6.07, 6.45) is 0.787. The molecule has 2 N–H and O–H groups in total. The minimum atomic E-state index is -0.543. The molecular formula is C14H19NO4. The molecule has 1 aliphatic rings. The summed E-state index contributed by atoms with van der Waals surface area (Å²) in [5, 5.41) is 12.3. The second-order valence-electron chi connectivity index (χ2n) is 4.57. The number of fused-ring (bicyclic) bond motifs is 1. The molecule has 1 aromatic carbocycles. The highest BCUT2D eigenvalue weighted by Crippen LogP contribution is 2.25. The van der Waals surface area contributed by atoms with Crippen LogP contribution in [0.4, 0.5) is 0 Å². The number of nitrogens with one attached hydrogen (secondary N) is 1. The molecule has 5 nitrogen and oxygen atoms in total. The molecule has 2 rings (SSSR count). The van der Waals surface area contributed by atoms with E-state index in [9.17, 15) is 9.90 Å². The Balaban J connectivity index is 1.83. The molecule has 19 heavy (non-hydrogen) atoms. The zero-order valence-electron chi connectivity index (χ0n) is 11.0. The monoisotopic (exact) mass is 265 g/mol. The largest absolute Gasteiger partial charge is 0.493 e. The summed E-state index contributed by atoms with van der Waals surface area (Å²) >= 11 is 0. The Morgan fingerprint density at radius 1 is 1.58 bits per heavy atom. The van der Waals surface area contributed by atoms with E-state index in [2.05, 4.69) is 5.32 Å². The minimum Gasteiger partial charge on any atom is -0.493 e. The van der Waals surface area contributed by atoms with Crippen LogP contribution in [0.2, 0.25) is 0 Å². The summed E-state index contributed by atoms with van der Waals surface area (Å²) in [4.78, 5) is 11.9. The average Bonchev–Trinajstić information content (AvgIpc) is 2.86. The lowest BCUT2D eigenvalue weighted by Gasteiger charge is -2.10. The lowest BCUT2D eigenvalue weighted by molar-refractivity contribution is 0.0587. The SMILES string of the molecule is COCC(O)CCNC(=O)c1ccc2c(c1)CCO2. The maximum atomic E-state index is 11.9. The van der Waals surface area contributed by atoms with Crippen LogP contribution in [-0.2, 0) is 11.2 Å². The molecular weight excluding hydrogens is 246 g/mol. The lowest BCUT2D eigenvalue weighted by atomic mass is 10.1. The molecule has 0 aromatic heterocycles. The fourth-order valence-electron chi connectivity index (χ4n) is 2.06. The molecule has 1 aromatic rings. The van der Waals surface area contributed by atoms with Crippen molar-refractivity contribution in [1.29, 1.82) is 0 Å². The van der Waals surface area contributed by atoms with Crippen molar-refractivity contribution in [2.75, 3.05) is 26.9 Å². The Labute approximate surface area is 112 Å². The highest BCUT2D eigenvalue weighted by molar-refractivity contribution is 5.94. The zero-order chi connectivity index (χ0) is 13.7. The summed E-state index contributed by atoms with van der Waals surface area (Å²) in [6.45, 7) is 1.40. The Hall–Kier alpha value is -1.59. The van der Waals surface area contributed by atoms with E-state index in [1.54, 1.807) is 6.07 Å². The van der Waals surface area contributed by atoms with Crippen LogP contribution in [0, 0.1) is 0 Å². The van der Waals surface area contributed by atoms with E-state index in [1.165, 1.54) is 7.11 Å². The highest BCUT2D eigenvalue weighted by atomic mass is 16.5. The molecule has 1 atom stereocenters. The zero-order valence-corrected chi connectivity index (χ0v) is 11.0. The molecule has 0 saturated carbocycles. The predicted octanol–water partition coefficient (Wildman–Crippen LogP) is 0.749. The van der Waals surface area contributed by atoms with E-state index in [4.69, 9.17) is 9.47 Å². The first-order chi connectivity index (χ1) is 9.20. The van der Waals surface area contributed by atoms with Gasteiger partial charge in [-0.2, -0.15) is 0 Å². The standard InChI is InChI=1S/C14H19NO4/c1-18-9-12(16)4-6-15-14(17)11-2-3-13-10(8-11)5-7-19-13/h2-3,8,12,16H,4-7,9H2,1H3,(H,15,17). The van der Waals surface area contributed by atoms with Crippen LogP contribution < -0.4 is 10.1 Å². The molecule has 0 spiro atoms. The molecule has 1 aliphatic heterocycles. The van der Waals surface area contributed by atoms with Crippen LogP contribution in [-0.4, -0.2) is 44.0 Å². The highest BCUT2D eigenvalue weighted by Gasteiger charge is 2.15. The van der Waals surface area contributed by atoms with Crippen LogP contribution in [0.3, 0.4) is 0 Å². The van der Waals surface area contributed by atoms with Crippen molar-refractivity contribution in [2.45, 2.75) is 18.9 Å². The average molecular weight is 265 g/mol. The Morgan fingerprint density at radius 3 is 3.21 bits per heavy atom. The van der Waals surface area contributed by atoms with Gasteiger partial charge >= 0.3 is 0 Å². The fourth-order valence-corrected chi connectivity index (χ4v) is 2.06. The number of aliphatic hydroxyl groups is 1. The van der Waals surface area contributed by atoms with Crippen LogP contribution in [0.5, 0.6) is 5.75 Å². The van der Waals surface area contributed by atoms with Crippen molar-refractivity contribution < 1.29 is 19.4 Å². The van der Waals surface area contributed by atoms with Gasteiger partial charge in [0.15, 0.2) is 0 Å². The fraction of sp³-hybridized carbons (Fsp3) is 0.500. The molecule has 1 amide bonds. The number of amides is 1. The van der Waals surface area contributed by atoms with E-state index in [1.807, 2.05) is 12.1 Å². The number of benzene rings is 1. The first kappa shape index (κ1) is 13.8. The first-order valence-corrected chi connectivity index (χ1v) is 6.41. The van der Waals surface area contributed by atoms with E-state index in [0.29, 0.717) is 25.1 Å². The normalized spacial score (nSPS) is 14.6. The van der Waals surface area contributed by atoms with Gasteiger partial charge in [0.1, 0.15) is 5.75 Å². The number of carbonyl (C=O) groups is 1. The van der Waals surface area contributed by atoms with Gasteiger partial charge in [-0.1, -0.05) is 0 Å². The van der Waals surface area contributed by atoms with Crippen molar-refractivity contribution in [2.24, 2.45) is 0 Å². The third-order valence-electron chi connectivity index (χ3n) is 3.07. The van der Waals surface area contributed by atoms with Crippen molar-refractivity contribution >= 4 is 5.91 Å². The quantitative estimate of drug-likeness (QED) is 0.796. The van der Waals surface area contributed by atoms with Gasteiger partial charge in [0.2, 0.25) is 0 Å². The van der Waals surface area contributed by atoms with Gasteiger partial charge in [-0.15, -0.1) is 0 Å². The third kappa shape index (κ3) is 3.68. The lowest BCUT2D eigenvalue weighted by Crippen LogP contribution is -2.28. The number of ether oxygens (including phenoxy) is 2. The molecule has 0 saturated heterocycles. The topological polar surface area (TPSA) is 67.8 Å². The number of hydrogen-bond acceptors (Lipinski definition) is 4. The van der Waals surface area contributed by atoms with E-state index in [-0.39, 0.29) is 12.5 Å². The third-order valence-corrected chi connectivity index (χ3v) is 3.07. The summed E-state index contributed by atoms with van der Waals surface area (Å²) in [5.41, 5.74) is 1.71. The second-order valence-corrected chi connectivity index (χ2v) is 4.57. The van der Waals surface area contributed by atoms with Crippen molar-refractivity contribution in [3.8, 4) is 5.75 Å². The van der Waals surface area contributed by atoms with Crippen LogP contribution in [0.15, 0.2) is 18.2 Å². The van der Waals surface area contributed by atoms with E-state index < -0.39 is 6.10 Å². The molecule has 0 bridgehead atoms. The smallest absolute Gasteiger partial charge is 0.251 e. The van der Waals surface area contributed by atoms with Crippen LogP contribution >= 0.6 is 0 Å². The van der Waals surface area contributed by atoms with Crippen molar-refractivity contribution in [3.63, 3.8) is 0 Å². The van der Waals surface area contributed by atoms with Gasteiger partial charge in [0.25, 0.3) is 5.91 Å². The van der Waals surface area contributed by atoms with Crippen molar-refractivity contribution in [3.05, 3.63) is 29.3 Å². The molecule has 0 fully saturated rings. The number of rotatable bonds is 6. The van der Waals surface area contributed by atoms with Crippen LogP contribution in [0.1, 0.15) is 22.3 Å². The van der Waals surface area contributed by atoms with Crippen LogP contribution in [0.25, 0.3) is 0 Å². The summed E-state index contributed by atoms with van der Waals surface area (Å²) in [5.74, 6) is 0.742. The predicted molar refractivity (Wildman–Crippen MR) is 70.5 cm³/mol. The molecule has 5 heteroatoms. The first-order valence-electron chi connectivity index (χ1n) is 6.41. The Bertz CT molecular complexity index is 447. The minimum absolute atomic E-state index is 0.126. The molecule has 104 valence electrons. The van der Waals surface area contributed by atoms with E-state index >= 15 is 0 Å². The van der Waals surface area contributed by atoms with Gasteiger partial charge in [-0.25, -0.2) is 0 Å². The maximum Gasteiger partial charge on any atom is 0.251 e. The van der Waals surface area contributed by atoms with Gasteiger partial charge in [0.05, 0.1) is 19.3 Å². The summed E-state index contributed by atoms with van der Waals surface area (Å²) in [7, 11) is 1.54. The van der Waals surface area contributed by atoms with Gasteiger partial charge in [-0.05, 0) is 30.2 Å². The summed E-state index contributed by atoms with van der Waals surface area (Å²) < 4.78 is 10.2.